The van der Waals surface area contributed by atoms with Gasteiger partial charge in [-0.1, -0.05) is 6.07 Å². The van der Waals surface area contributed by atoms with Gasteiger partial charge >= 0.3 is 0 Å². The summed E-state index contributed by atoms with van der Waals surface area (Å²) >= 11 is 1.85. The van der Waals surface area contributed by atoms with Gasteiger partial charge in [-0.3, -0.25) is 9.89 Å². The van der Waals surface area contributed by atoms with Crippen molar-refractivity contribution in [1.29, 1.82) is 0 Å². The molecule has 134 valence electrons. The molecule has 0 spiro atoms. The lowest BCUT2D eigenvalue weighted by atomic mass is 9.80. The third-order valence-corrected chi connectivity index (χ3v) is 6.41. The highest BCUT2D eigenvalue weighted by atomic mass is 32.1. The molecule has 0 bridgehead atoms. The highest BCUT2D eigenvalue weighted by Crippen LogP contribution is 2.36. The molecule has 5 nitrogen and oxygen atoms in total. The Morgan fingerprint density at radius 1 is 1.42 bits per heavy atom. The molecule has 1 aromatic rings. The second kappa shape index (κ2) is 7.85. The monoisotopic (exact) mass is 350 g/mol. The summed E-state index contributed by atoms with van der Waals surface area (Å²) in [7, 11) is 4.03. The first-order valence-electron chi connectivity index (χ1n) is 9.02. The Hall–Kier alpha value is -1.11. The van der Waals surface area contributed by atoms with Gasteiger partial charge in [0.05, 0.1) is 5.60 Å². The van der Waals surface area contributed by atoms with Crippen molar-refractivity contribution in [3.8, 4) is 0 Å². The summed E-state index contributed by atoms with van der Waals surface area (Å²) in [6, 6.07) is 4.89. The van der Waals surface area contributed by atoms with E-state index in [0.29, 0.717) is 18.5 Å². The van der Waals surface area contributed by atoms with Gasteiger partial charge in [0.1, 0.15) is 0 Å². The number of nitrogens with one attached hydrogen (secondary N) is 2. The van der Waals surface area contributed by atoms with Crippen molar-refractivity contribution in [2.45, 2.75) is 43.7 Å². The van der Waals surface area contributed by atoms with Crippen LogP contribution in [0.3, 0.4) is 0 Å². The highest BCUT2D eigenvalue weighted by molar-refractivity contribution is 7.10. The first kappa shape index (κ1) is 17.7. The topological polar surface area (TPSA) is 59.9 Å². The largest absolute Gasteiger partial charge is 0.388 e. The van der Waals surface area contributed by atoms with Gasteiger partial charge in [0.2, 0.25) is 0 Å². The quantitative estimate of drug-likeness (QED) is 0.563. The Balaban J connectivity index is 1.55. The second-order valence-corrected chi connectivity index (χ2v) is 8.21. The smallest absolute Gasteiger partial charge is 0.191 e. The summed E-state index contributed by atoms with van der Waals surface area (Å²) in [5.74, 6) is 1.38. The molecular formula is C18H30N4OS. The van der Waals surface area contributed by atoms with Gasteiger partial charge in [0.15, 0.2) is 5.96 Å². The van der Waals surface area contributed by atoms with E-state index in [4.69, 9.17) is 0 Å². The molecule has 24 heavy (non-hydrogen) atoms. The van der Waals surface area contributed by atoms with Crippen molar-refractivity contribution in [1.82, 2.24) is 15.5 Å². The summed E-state index contributed by atoms with van der Waals surface area (Å²) in [5.41, 5.74) is -0.526. The summed E-state index contributed by atoms with van der Waals surface area (Å²) in [6.45, 7) is 2.66. The number of guanidine groups is 1. The SMILES string of the molecule is CN=C(NCC1CCCN(C)C1c1cccs1)NCC1(O)CCC1. The molecule has 0 aromatic carbocycles. The van der Waals surface area contributed by atoms with Crippen LogP contribution < -0.4 is 10.6 Å². The molecule has 3 rings (SSSR count). The molecule has 1 saturated carbocycles. The summed E-state index contributed by atoms with van der Waals surface area (Å²) in [6.07, 6.45) is 5.40. The van der Waals surface area contributed by atoms with Crippen LogP contribution in [0.5, 0.6) is 0 Å². The molecule has 3 N–H and O–H groups in total. The van der Waals surface area contributed by atoms with E-state index in [1.807, 2.05) is 11.3 Å². The number of likely N-dealkylation sites (tertiary alicyclic amines) is 1. The fourth-order valence-corrected chi connectivity index (χ4v) is 4.82. The predicted molar refractivity (Wildman–Crippen MR) is 101 cm³/mol. The summed E-state index contributed by atoms with van der Waals surface area (Å²) in [4.78, 5) is 8.25. The van der Waals surface area contributed by atoms with Crippen molar-refractivity contribution in [2.75, 3.05) is 33.7 Å². The van der Waals surface area contributed by atoms with Gasteiger partial charge in [-0.05, 0) is 63.1 Å². The third kappa shape index (κ3) is 4.10. The summed E-state index contributed by atoms with van der Waals surface area (Å²) < 4.78 is 0. The van der Waals surface area contributed by atoms with Crippen LogP contribution in [0.25, 0.3) is 0 Å². The van der Waals surface area contributed by atoms with Gasteiger partial charge in [-0.2, -0.15) is 0 Å². The molecule has 2 aliphatic rings. The van der Waals surface area contributed by atoms with Crippen LogP contribution in [0, 0.1) is 5.92 Å². The molecule has 0 radical (unpaired) electrons. The van der Waals surface area contributed by atoms with Crippen molar-refractivity contribution >= 4 is 17.3 Å². The molecule has 1 aromatic heterocycles. The number of hydrogen-bond acceptors (Lipinski definition) is 4. The number of piperidine rings is 1. The van der Waals surface area contributed by atoms with Crippen LogP contribution in [0.15, 0.2) is 22.5 Å². The van der Waals surface area contributed by atoms with Crippen LogP contribution >= 0.6 is 11.3 Å². The standard InChI is InChI=1S/C18H30N4OS/c1-19-17(21-13-18(23)8-5-9-18)20-12-14-6-3-10-22(2)16(14)15-7-4-11-24-15/h4,7,11,14,16,23H,3,5-6,8-10,12-13H2,1-2H3,(H2,19,20,21). The third-order valence-electron chi connectivity index (χ3n) is 5.47. The Labute approximate surface area is 149 Å². The van der Waals surface area contributed by atoms with E-state index in [9.17, 15) is 5.11 Å². The Kier molecular flexibility index (Phi) is 5.79. The minimum atomic E-state index is -0.526. The van der Waals surface area contributed by atoms with E-state index < -0.39 is 5.60 Å². The van der Waals surface area contributed by atoms with Crippen molar-refractivity contribution in [3.63, 3.8) is 0 Å². The van der Waals surface area contributed by atoms with Crippen LogP contribution in [0.2, 0.25) is 0 Å². The number of aliphatic imine (C=N–C) groups is 1. The lowest BCUT2D eigenvalue weighted by molar-refractivity contribution is -0.0279. The molecule has 2 unspecified atom stereocenters. The van der Waals surface area contributed by atoms with Crippen molar-refractivity contribution in [2.24, 2.45) is 10.9 Å². The van der Waals surface area contributed by atoms with Crippen LogP contribution in [0.4, 0.5) is 0 Å². The number of rotatable bonds is 5. The summed E-state index contributed by atoms with van der Waals surface area (Å²) in [5, 5.41) is 19.2. The fraction of sp³-hybridized carbons (Fsp3) is 0.722. The average Bonchev–Trinajstić information content (AvgIpc) is 3.07. The maximum atomic E-state index is 10.2. The molecule has 6 heteroatoms. The van der Waals surface area contributed by atoms with Gasteiger partial charge in [-0.25, -0.2) is 0 Å². The van der Waals surface area contributed by atoms with Gasteiger partial charge in [-0.15, -0.1) is 11.3 Å². The average molecular weight is 351 g/mol. The van der Waals surface area contributed by atoms with E-state index in [1.165, 1.54) is 24.3 Å². The lowest BCUT2D eigenvalue weighted by Crippen LogP contribution is -2.51. The molecule has 2 heterocycles. The Morgan fingerprint density at radius 2 is 2.25 bits per heavy atom. The minimum Gasteiger partial charge on any atom is -0.388 e. The van der Waals surface area contributed by atoms with E-state index in [2.05, 4.69) is 45.1 Å². The zero-order valence-corrected chi connectivity index (χ0v) is 15.6. The maximum Gasteiger partial charge on any atom is 0.191 e. The maximum absolute atomic E-state index is 10.2. The second-order valence-electron chi connectivity index (χ2n) is 7.23. The normalized spacial score (nSPS) is 27.5. The molecule has 2 fully saturated rings. The molecule has 0 amide bonds. The zero-order valence-electron chi connectivity index (χ0n) is 14.8. The first-order chi connectivity index (χ1) is 11.6. The van der Waals surface area contributed by atoms with E-state index >= 15 is 0 Å². The van der Waals surface area contributed by atoms with E-state index in [0.717, 1.165) is 31.8 Å². The first-order valence-corrected chi connectivity index (χ1v) is 9.90. The van der Waals surface area contributed by atoms with Gasteiger partial charge in [0, 0.05) is 31.1 Å². The number of nitrogens with zero attached hydrogens (tertiary/aromatic N) is 2. The zero-order chi connectivity index (χ0) is 17.0. The van der Waals surface area contributed by atoms with E-state index in [-0.39, 0.29) is 0 Å². The molecular weight excluding hydrogens is 320 g/mol. The van der Waals surface area contributed by atoms with Crippen LogP contribution in [0.1, 0.15) is 43.0 Å². The fourth-order valence-electron chi connectivity index (χ4n) is 3.84. The highest BCUT2D eigenvalue weighted by Gasteiger charge is 2.34. The molecule has 1 aliphatic heterocycles. The number of thiophene rings is 1. The van der Waals surface area contributed by atoms with Crippen LogP contribution in [-0.2, 0) is 0 Å². The van der Waals surface area contributed by atoms with Gasteiger partial charge < -0.3 is 15.7 Å². The Morgan fingerprint density at radius 3 is 2.88 bits per heavy atom. The lowest BCUT2D eigenvalue weighted by Gasteiger charge is -2.39. The van der Waals surface area contributed by atoms with Crippen LogP contribution in [-0.4, -0.2) is 55.3 Å². The number of aliphatic hydroxyl groups is 1. The van der Waals surface area contributed by atoms with E-state index in [1.54, 1.807) is 7.05 Å². The van der Waals surface area contributed by atoms with Gasteiger partial charge in [0.25, 0.3) is 0 Å². The molecule has 1 aliphatic carbocycles. The van der Waals surface area contributed by atoms with Crippen molar-refractivity contribution in [3.05, 3.63) is 22.4 Å². The minimum absolute atomic E-state index is 0.486. The predicted octanol–water partition coefficient (Wildman–Crippen LogP) is 2.21. The molecule has 2 atom stereocenters. The Bertz CT molecular complexity index is 541. The molecule has 1 saturated heterocycles. The number of hydrogen-bond donors (Lipinski definition) is 3. The van der Waals surface area contributed by atoms with Crippen molar-refractivity contribution < 1.29 is 5.11 Å².